The molecule has 2 aromatic rings. The molecule has 2 heterocycles. The first-order valence-electron chi connectivity index (χ1n) is 5.72. The number of alkyl halides is 3. The number of hydrogen-bond donors (Lipinski definition) is 1. The molecule has 0 amide bonds. The van der Waals surface area contributed by atoms with Gasteiger partial charge in [0.2, 0.25) is 0 Å². The lowest BCUT2D eigenvalue weighted by Crippen LogP contribution is -2.11. The summed E-state index contributed by atoms with van der Waals surface area (Å²) < 4.78 is 39.0. The molecule has 1 N–H and O–H groups in total. The van der Waals surface area contributed by atoms with Gasteiger partial charge in [-0.1, -0.05) is 6.07 Å². The zero-order valence-corrected chi connectivity index (χ0v) is 10.3. The van der Waals surface area contributed by atoms with Crippen molar-refractivity contribution in [3.8, 4) is 0 Å². The molecular formula is C12H13F3N4. The molecule has 0 aliphatic carbocycles. The SMILES string of the molecule is Cn1ccc(CCNc2cccc(C(F)(F)F)n2)n1. The Morgan fingerprint density at radius 1 is 1.26 bits per heavy atom. The standard InChI is InChI=1S/C12H13F3N4/c1-19-8-6-9(18-19)5-7-16-11-4-2-3-10(17-11)12(13,14)15/h2-4,6,8H,5,7H2,1H3,(H,16,17). The third-order valence-corrected chi connectivity index (χ3v) is 2.50. The maximum absolute atomic E-state index is 12.5. The molecule has 0 fully saturated rings. The van der Waals surface area contributed by atoms with Gasteiger partial charge in [-0.05, 0) is 18.2 Å². The van der Waals surface area contributed by atoms with Crippen molar-refractivity contribution in [3.05, 3.63) is 41.9 Å². The molecule has 0 saturated heterocycles. The summed E-state index contributed by atoms with van der Waals surface area (Å²) in [5.41, 5.74) is -0.0164. The first-order chi connectivity index (χ1) is 8.95. The minimum atomic E-state index is -4.42. The number of halogens is 3. The fourth-order valence-electron chi connectivity index (χ4n) is 1.61. The van der Waals surface area contributed by atoms with Crippen LogP contribution in [0.1, 0.15) is 11.4 Å². The first kappa shape index (κ1) is 13.4. The van der Waals surface area contributed by atoms with Crippen molar-refractivity contribution < 1.29 is 13.2 Å². The third kappa shape index (κ3) is 3.70. The lowest BCUT2D eigenvalue weighted by Gasteiger charge is -2.08. The normalized spacial score (nSPS) is 11.6. The van der Waals surface area contributed by atoms with Gasteiger partial charge in [0.1, 0.15) is 11.5 Å². The van der Waals surface area contributed by atoms with Crippen LogP contribution in [0.25, 0.3) is 0 Å². The number of aryl methyl sites for hydroxylation is 1. The van der Waals surface area contributed by atoms with E-state index in [9.17, 15) is 13.2 Å². The van der Waals surface area contributed by atoms with Gasteiger partial charge < -0.3 is 5.32 Å². The fraction of sp³-hybridized carbons (Fsp3) is 0.333. The Hall–Kier alpha value is -2.05. The Kier molecular flexibility index (Phi) is 3.73. The first-order valence-corrected chi connectivity index (χ1v) is 5.72. The molecule has 0 aliphatic rings. The van der Waals surface area contributed by atoms with Crippen LogP contribution in [0, 0.1) is 0 Å². The Morgan fingerprint density at radius 2 is 2.05 bits per heavy atom. The number of nitrogens with zero attached hydrogens (tertiary/aromatic N) is 3. The second-order valence-electron chi connectivity index (χ2n) is 4.06. The number of pyridine rings is 1. The van der Waals surface area contributed by atoms with Gasteiger partial charge in [-0.2, -0.15) is 18.3 Å². The van der Waals surface area contributed by atoms with E-state index in [-0.39, 0.29) is 5.82 Å². The highest BCUT2D eigenvalue weighted by atomic mass is 19.4. The molecule has 0 aromatic carbocycles. The molecule has 19 heavy (non-hydrogen) atoms. The minimum Gasteiger partial charge on any atom is -0.370 e. The molecule has 2 aromatic heterocycles. The number of nitrogens with one attached hydrogen (secondary N) is 1. The van der Waals surface area contributed by atoms with Crippen LogP contribution in [0.4, 0.5) is 19.0 Å². The van der Waals surface area contributed by atoms with Crippen molar-refractivity contribution in [2.24, 2.45) is 7.05 Å². The van der Waals surface area contributed by atoms with E-state index < -0.39 is 11.9 Å². The smallest absolute Gasteiger partial charge is 0.370 e. The highest BCUT2D eigenvalue weighted by Crippen LogP contribution is 2.28. The number of hydrogen-bond acceptors (Lipinski definition) is 3. The molecule has 0 radical (unpaired) electrons. The van der Waals surface area contributed by atoms with Crippen LogP contribution < -0.4 is 5.32 Å². The minimum absolute atomic E-state index is 0.214. The molecule has 0 bridgehead atoms. The van der Waals surface area contributed by atoms with Crippen molar-refractivity contribution >= 4 is 5.82 Å². The van der Waals surface area contributed by atoms with Crippen LogP contribution in [-0.2, 0) is 19.6 Å². The molecule has 7 heteroatoms. The van der Waals surface area contributed by atoms with Gasteiger partial charge in [0, 0.05) is 26.2 Å². The molecule has 0 spiro atoms. The summed E-state index contributed by atoms with van der Waals surface area (Å²) in [4.78, 5) is 3.52. The highest BCUT2D eigenvalue weighted by Gasteiger charge is 2.32. The molecule has 0 saturated carbocycles. The van der Waals surface area contributed by atoms with Crippen LogP contribution >= 0.6 is 0 Å². The van der Waals surface area contributed by atoms with E-state index in [4.69, 9.17) is 0 Å². The van der Waals surface area contributed by atoms with E-state index in [2.05, 4.69) is 15.4 Å². The van der Waals surface area contributed by atoms with Gasteiger partial charge in [-0.3, -0.25) is 4.68 Å². The number of aromatic nitrogens is 3. The molecule has 0 aliphatic heterocycles. The van der Waals surface area contributed by atoms with E-state index >= 15 is 0 Å². The third-order valence-electron chi connectivity index (χ3n) is 2.50. The van der Waals surface area contributed by atoms with E-state index in [1.54, 1.807) is 4.68 Å². The largest absolute Gasteiger partial charge is 0.433 e. The van der Waals surface area contributed by atoms with Crippen molar-refractivity contribution in [2.45, 2.75) is 12.6 Å². The summed E-state index contributed by atoms with van der Waals surface area (Å²) in [6.45, 7) is 0.478. The molecule has 0 atom stereocenters. The second kappa shape index (κ2) is 5.29. The summed E-state index contributed by atoms with van der Waals surface area (Å²) in [5, 5.41) is 7.03. The topological polar surface area (TPSA) is 42.7 Å². The summed E-state index contributed by atoms with van der Waals surface area (Å²) in [6, 6.07) is 5.65. The van der Waals surface area contributed by atoms with E-state index in [1.165, 1.54) is 12.1 Å². The monoisotopic (exact) mass is 270 g/mol. The molecule has 2 rings (SSSR count). The average Bonchev–Trinajstić information content (AvgIpc) is 2.74. The Labute approximate surface area is 108 Å². The van der Waals surface area contributed by atoms with Crippen molar-refractivity contribution in [2.75, 3.05) is 11.9 Å². The van der Waals surface area contributed by atoms with Crippen LogP contribution in [-0.4, -0.2) is 21.3 Å². The highest BCUT2D eigenvalue weighted by molar-refractivity contribution is 5.36. The number of anilines is 1. The van der Waals surface area contributed by atoms with Gasteiger partial charge in [-0.25, -0.2) is 4.98 Å². The summed E-state index contributed by atoms with van der Waals surface area (Å²) in [6.07, 6.45) is -1.98. The predicted molar refractivity (Wildman–Crippen MR) is 64.6 cm³/mol. The lowest BCUT2D eigenvalue weighted by molar-refractivity contribution is -0.141. The van der Waals surface area contributed by atoms with Gasteiger partial charge >= 0.3 is 6.18 Å². The van der Waals surface area contributed by atoms with Gasteiger partial charge in [0.15, 0.2) is 0 Å². The maximum atomic E-state index is 12.5. The van der Waals surface area contributed by atoms with Gasteiger partial charge in [0.25, 0.3) is 0 Å². The van der Waals surface area contributed by atoms with Crippen molar-refractivity contribution in [1.29, 1.82) is 0 Å². The zero-order valence-electron chi connectivity index (χ0n) is 10.3. The van der Waals surface area contributed by atoms with E-state index in [0.29, 0.717) is 13.0 Å². The number of rotatable bonds is 4. The Bertz CT molecular complexity index is 548. The van der Waals surface area contributed by atoms with Crippen LogP contribution in [0.5, 0.6) is 0 Å². The van der Waals surface area contributed by atoms with E-state index in [0.717, 1.165) is 11.8 Å². The summed E-state index contributed by atoms with van der Waals surface area (Å²) >= 11 is 0. The second-order valence-corrected chi connectivity index (χ2v) is 4.06. The summed E-state index contributed by atoms with van der Waals surface area (Å²) in [7, 11) is 1.81. The molecule has 0 unspecified atom stereocenters. The summed E-state index contributed by atoms with van der Waals surface area (Å²) in [5.74, 6) is 0.214. The fourth-order valence-corrected chi connectivity index (χ4v) is 1.61. The Balaban J connectivity index is 1.93. The maximum Gasteiger partial charge on any atom is 0.433 e. The van der Waals surface area contributed by atoms with Crippen LogP contribution in [0.15, 0.2) is 30.5 Å². The molecular weight excluding hydrogens is 257 g/mol. The van der Waals surface area contributed by atoms with Gasteiger partial charge in [0.05, 0.1) is 5.69 Å². The molecule has 102 valence electrons. The molecule has 4 nitrogen and oxygen atoms in total. The quantitative estimate of drug-likeness (QED) is 0.928. The van der Waals surface area contributed by atoms with Crippen molar-refractivity contribution in [3.63, 3.8) is 0 Å². The van der Waals surface area contributed by atoms with Crippen LogP contribution in [0.2, 0.25) is 0 Å². The lowest BCUT2D eigenvalue weighted by atomic mass is 10.3. The predicted octanol–water partition coefficient (Wildman–Crippen LogP) is 2.49. The van der Waals surface area contributed by atoms with Crippen LogP contribution in [0.3, 0.4) is 0 Å². The van der Waals surface area contributed by atoms with E-state index in [1.807, 2.05) is 19.3 Å². The zero-order chi connectivity index (χ0) is 13.9. The Morgan fingerprint density at radius 3 is 2.68 bits per heavy atom. The average molecular weight is 270 g/mol. The van der Waals surface area contributed by atoms with Gasteiger partial charge in [-0.15, -0.1) is 0 Å². The van der Waals surface area contributed by atoms with Crippen molar-refractivity contribution in [1.82, 2.24) is 14.8 Å².